The van der Waals surface area contributed by atoms with Gasteiger partial charge >= 0.3 is 0 Å². The highest BCUT2D eigenvalue weighted by atomic mass is 35.5. The third-order valence-electron chi connectivity index (χ3n) is 4.90. The highest BCUT2D eigenvalue weighted by molar-refractivity contribution is 7.71. The second-order valence-corrected chi connectivity index (χ2v) is 8.34. The molecule has 0 radical (unpaired) electrons. The first-order chi connectivity index (χ1) is 14.7. The Morgan fingerprint density at radius 1 is 1.16 bits per heavy atom. The zero-order chi connectivity index (χ0) is 22.7. The summed E-state index contributed by atoms with van der Waals surface area (Å²) in [6.07, 6.45) is 0. The lowest BCUT2D eigenvalue weighted by molar-refractivity contribution is -0.133. The quantitative estimate of drug-likeness (QED) is 0.541. The Morgan fingerprint density at radius 2 is 1.77 bits per heavy atom. The maximum absolute atomic E-state index is 12.8. The van der Waals surface area contributed by atoms with Crippen molar-refractivity contribution in [2.45, 2.75) is 27.3 Å². The van der Waals surface area contributed by atoms with Gasteiger partial charge in [0, 0.05) is 23.3 Å². The van der Waals surface area contributed by atoms with E-state index in [2.05, 4.69) is 15.5 Å². The molecule has 0 aliphatic rings. The third kappa shape index (κ3) is 5.39. The Kier molecular flexibility index (Phi) is 6.92. The Morgan fingerprint density at radius 3 is 2.39 bits per heavy atom. The summed E-state index contributed by atoms with van der Waals surface area (Å²) in [4.78, 5) is 26.7. The molecule has 0 saturated carbocycles. The monoisotopic (exact) mass is 457 g/mol. The molecule has 3 aromatic rings. The fraction of sp³-hybridized carbons (Fsp3) is 0.273. The van der Waals surface area contributed by atoms with Gasteiger partial charge in [-0.1, -0.05) is 29.3 Å². The lowest BCUT2D eigenvalue weighted by Crippen LogP contribution is -2.37. The number of nitrogens with one attached hydrogen (secondary N) is 2. The van der Waals surface area contributed by atoms with Gasteiger partial charge in [-0.15, -0.1) is 0 Å². The summed E-state index contributed by atoms with van der Waals surface area (Å²) in [5.74, 6) is -0.00129. The van der Waals surface area contributed by atoms with E-state index in [1.807, 2.05) is 32.9 Å². The number of carbonyl (C=O) groups is 2. The fourth-order valence-corrected chi connectivity index (χ4v) is 3.72. The molecule has 2 N–H and O–H groups in total. The third-order valence-corrected chi connectivity index (χ3v) is 5.47. The predicted octanol–water partition coefficient (Wildman–Crippen LogP) is 4.28. The molecule has 0 spiro atoms. The number of aromatic nitrogens is 3. The highest BCUT2D eigenvalue weighted by Crippen LogP contribution is 2.22. The molecule has 0 fully saturated rings. The van der Waals surface area contributed by atoms with Crippen molar-refractivity contribution in [2.75, 3.05) is 18.9 Å². The fourth-order valence-electron chi connectivity index (χ4n) is 3.40. The first-order valence-electron chi connectivity index (χ1n) is 9.68. The summed E-state index contributed by atoms with van der Waals surface area (Å²) in [5.41, 5.74) is 4.65. The zero-order valence-electron chi connectivity index (χ0n) is 17.8. The van der Waals surface area contributed by atoms with Crippen LogP contribution in [0.4, 0.5) is 5.69 Å². The molecule has 0 aliphatic carbocycles. The lowest BCUT2D eigenvalue weighted by atomic mass is 10.1. The number of anilines is 1. The molecular formula is C22H24ClN5O2S. The molecule has 1 heterocycles. The van der Waals surface area contributed by atoms with Gasteiger partial charge in [0.15, 0.2) is 10.6 Å². The van der Waals surface area contributed by atoms with Crippen LogP contribution in [0, 0.1) is 25.5 Å². The zero-order valence-corrected chi connectivity index (χ0v) is 19.4. The van der Waals surface area contributed by atoms with Crippen LogP contribution in [0.5, 0.6) is 0 Å². The van der Waals surface area contributed by atoms with Gasteiger partial charge in [-0.2, -0.15) is 5.10 Å². The maximum Gasteiger partial charge on any atom is 0.243 e. The van der Waals surface area contributed by atoms with Crippen LogP contribution in [0.2, 0.25) is 5.02 Å². The van der Waals surface area contributed by atoms with Crippen molar-refractivity contribution in [1.82, 2.24) is 19.7 Å². The number of benzene rings is 2. The molecule has 0 unspecified atom stereocenters. The van der Waals surface area contributed by atoms with Crippen molar-refractivity contribution in [3.8, 4) is 11.4 Å². The van der Waals surface area contributed by atoms with Crippen LogP contribution in [0.25, 0.3) is 11.4 Å². The van der Waals surface area contributed by atoms with Gasteiger partial charge in [-0.05, 0) is 68.4 Å². The topological polar surface area (TPSA) is 83.0 Å². The number of halogens is 1. The van der Waals surface area contributed by atoms with Gasteiger partial charge in [0.2, 0.25) is 11.8 Å². The van der Waals surface area contributed by atoms with E-state index in [0.29, 0.717) is 15.6 Å². The summed E-state index contributed by atoms with van der Waals surface area (Å²) in [5, 5.41) is 10.5. The van der Waals surface area contributed by atoms with Crippen molar-refractivity contribution >= 4 is 41.3 Å². The first-order valence-corrected chi connectivity index (χ1v) is 10.5. The summed E-state index contributed by atoms with van der Waals surface area (Å²) in [6.45, 7) is 5.79. The van der Waals surface area contributed by atoms with Crippen molar-refractivity contribution in [1.29, 1.82) is 0 Å². The van der Waals surface area contributed by atoms with Crippen LogP contribution in [0.15, 0.2) is 36.4 Å². The lowest BCUT2D eigenvalue weighted by Gasteiger charge is -2.19. The van der Waals surface area contributed by atoms with Crippen LogP contribution >= 0.6 is 23.8 Å². The summed E-state index contributed by atoms with van der Waals surface area (Å²) in [7, 11) is 1.59. The minimum atomic E-state index is -0.264. The molecule has 0 atom stereocenters. The van der Waals surface area contributed by atoms with Gasteiger partial charge in [0.1, 0.15) is 6.54 Å². The van der Waals surface area contributed by atoms with Crippen LogP contribution < -0.4 is 5.32 Å². The van der Waals surface area contributed by atoms with E-state index in [1.54, 1.807) is 35.9 Å². The molecule has 31 heavy (non-hydrogen) atoms. The van der Waals surface area contributed by atoms with Gasteiger partial charge in [0.25, 0.3) is 0 Å². The first kappa shape index (κ1) is 22.7. The number of carbonyl (C=O) groups excluding carboxylic acids is 2. The molecule has 2 amide bonds. The molecule has 1 aromatic heterocycles. The minimum absolute atomic E-state index is 0.0420. The van der Waals surface area contributed by atoms with Gasteiger partial charge in [0.05, 0.1) is 6.54 Å². The molecule has 7 nitrogen and oxygen atoms in total. The number of amides is 2. The number of hydrogen-bond acceptors (Lipinski definition) is 4. The van der Waals surface area contributed by atoms with Crippen LogP contribution in [0.1, 0.15) is 16.7 Å². The van der Waals surface area contributed by atoms with Crippen LogP contribution in [0.3, 0.4) is 0 Å². The smallest absolute Gasteiger partial charge is 0.243 e. The SMILES string of the molecule is Cc1cc(C)c(NC(=O)CN(C)C(=O)Cn2c(-c3ccc(Cl)cc3)n[nH]c2=S)c(C)c1. The number of nitrogens with zero attached hydrogens (tertiary/aromatic N) is 3. The van der Waals surface area contributed by atoms with E-state index in [4.69, 9.17) is 23.8 Å². The molecular weight excluding hydrogens is 434 g/mol. The standard InChI is InChI=1S/C22H24ClN5O2S/c1-13-9-14(2)20(15(3)10-13)24-18(29)11-27(4)19(30)12-28-21(25-26-22(28)31)16-5-7-17(23)8-6-16/h5-10H,11-12H2,1-4H3,(H,24,29)(H,26,31). The minimum Gasteiger partial charge on any atom is -0.335 e. The van der Waals surface area contributed by atoms with E-state index in [1.165, 1.54) is 4.90 Å². The average molecular weight is 458 g/mol. The Balaban J connectivity index is 1.69. The predicted molar refractivity (Wildman–Crippen MR) is 125 cm³/mol. The number of aromatic amines is 1. The normalized spacial score (nSPS) is 10.7. The van der Waals surface area contributed by atoms with Crippen molar-refractivity contribution < 1.29 is 9.59 Å². The molecule has 0 bridgehead atoms. The molecule has 3 rings (SSSR count). The summed E-state index contributed by atoms with van der Waals surface area (Å²) < 4.78 is 1.92. The van der Waals surface area contributed by atoms with E-state index in [9.17, 15) is 9.59 Å². The van der Waals surface area contributed by atoms with Crippen molar-refractivity contribution in [3.05, 3.63) is 62.9 Å². The Labute approximate surface area is 191 Å². The Hall–Kier alpha value is -2.97. The van der Waals surface area contributed by atoms with Gasteiger partial charge < -0.3 is 10.2 Å². The van der Waals surface area contributed by atoms with Gasteiger partial charge in [-0.25, -0.2) is 0 Å². The van der Waals surface area contributed by atoms with E-state index < -0.39 is 0 Å². The van der Waals surface area contributed by atoms with E-state index >= 15 is 0 Å². The second kappa shape index (κ2) is 9.45. The largest absolute Gasteiger partial charge is 0.335 e. The molecule has 9 heteroatoms. The number of aryl methyl sites for hydroxylation is 3. The van der Waals surface area contributed by atoms with Crippen molar-refractivity contribution in [2.24, 2.45) is 0 Å². The number of rotatable bonds is 6. The molecule has 0 saturated heterocycles. The van der Waals surface area contributed by atoms with Crippen LogP contribution in [-0.4, -0.2) is 45.1 Å². The highest BCUT2D eigenvalue weighted by Gasteiger charge is 2.18. The number of likely N-dealkylation sites (N-methyl/N-ethyl adjacent to an activating group) is 1. The maximum atomic E-state index is 12.8. The summed E-state index contributed by atoms with van der Waals surface area (Å²) >= 11 is 11.2. The Bertz CT molecular complexity index is 1160. The summed E-state index contributed by atoms with van der Waals surface area (Å²) in [6, 6.07) is 11.1. The molecule has 0 aliphatic heterocycles. The molecule has 2 aromatic carbocycles. The number of hydrogen-bond donors (Lipinski definition) is 2. The van der Waals surface area contributed by atoms with E-state index in [0.717, 1.165) is 27.9 Å². The van der Waals surface area contributed by atoms with Crippen LogP contribution in [-0.2, 0) is 16.1 Å². The average Bonchev–Trinajstić information content (AvgIpc) is 3.05. The second-order valence-electron chi connectivity index (χ2n) is 7.52. The van der Waals surface area contributed by atoms with E-state index in [-0.39, 0.29) is 24.9 Å². The number of H-pyrrole nitrogens is 1. The van der Waals surface area contributed by atoms with Gasteiger partial charge in [-0.3, -0.25) is 19.3 Å². The van der Waals surface area contributed by atoms with Crippen molar-refractivity contribution in [3.63, 3.8) is 0 Å². The molecule has 162 valence electrons.